The average Bonchev–Trinajstić information content (AvgIpc) is 2.84. The summed E-state index contributed by atoms with van der Waals surface area (Å²) in [5, 5.41) is 12.0. The quantitative estimate of drug-likeness (QED) is 0.853. The molecule has 1 aliphatic heterocycles. The lowest BCUT2D eigenvalue weighted by atomic mass is 9.86. The number of aliphatic carboxylic acids is 1. The molecule has 118 valence electrons. The van der Waals surface area contributed by atoms with Crippen molar-refractivity contribution in [2.75, 3.05) is 0 Å². The largest absolute Gasteiger partial charge is 0.480 e. The topological polar surface area (TPSA) is 66.4 Å². The van der Waals surface area contributed by atoms with Gasteiger partial charge in [0.25, 0.3) is 0 Å². The van der Waals surface area contributed by atoms with Crippen LogP contribution in [0.4, 0.5) is 0 Å². The number of hydrogen-bond acceptors (Lipinski definition) is 2. The number of nitrogens with one attached hydrogen (secondary N) is 1. The van der Waals surface area contributed by atoms with E-state index in [-0.39, 0.29) is 6.04 Å². The maximum absolute atomic E-state index is 11.9. The van der Waals surface area contributed by atoms with Gasteiger partial charge >= 0.3 is 5.97 Å². The van der Waals surface area contributed by atoms with Crippen molar-refractivity contribution >= 4 is 11.9 Å². The van der Waals surface area contributed by atoms with Crippen LogP contribution in [0, 0.1) is 5.41 Å². The first-order chi connectivity index (χ1) is 11.0. The Morgan fingerprint density at radius 1 is 1.13 bits per heavy atom. The molecule has 0 bridgehead atoms. The SMILES string of the molecule is CC1(C(=O)O)C[C@@H](Cc2ccc(-c3ccccc3)cc2)NC1=O. The molecule has 2 aromatic rings. The Bertz CT molecular complexity index is 724. The molecule has 0 aromatic heterocycles. The van der Waals surface area contributed by atoms with Crippen molar-refractivity contribution in [1.82, 2.24) is 5.32 Å². The van der Waals surface area contributed by atoms with E-state index in [1.807, 2.05) is 30.3 Å². The van der Waals surface area contributed by atoms with E-state index in [2.05, 4.69) is 29.6 Å². The number of benzene rings is 2. The van der Waals surface area contributed by atoms with Crippen LogP contribution in [-0.2, 0) is 16.0 Å². The summed E-state index contributed by atoms with van der Waals surface area (Å²) < 4.78 is 0. The number of carbonyl (C=O) groups excluding carboxylic acids is 1. The van der Waals surface area contributed by atoms with Gasteiger partial charge in [0.15, 0.2) is 0 Å². The number of hydrogen-bond donors (Lipinski definition) is 2. The van der Waals surface area contributed by atoms with Gasteiger partial charge in [0.1, 0.15) is 5.41 Å². The second-order valence-corrected chi connectivity index (χ2v) is 6.28. The molecule has 23 heavy (non-hydrogen) atoms. The monoisotopic (exact) mass is 309 g/mol. The van der Waals surface area contributed by atoms with Crippen molar-refractivity contribution in [3.8, 4) is 11.1 Å². The Morgan fingerprint density at radius 2 is 1.74 bits per heavy atom. The van der Waals surface area contributed by atoms with E-state index in [9.17, 15) is 14.7 Å². The zero-order valence-corrected chi connectivity index (χ0v) is 13.0. The second-order valence-electron chi connectivity index (χ2n) is 6.28. The highest BCUT2D eigenvalue weighted by atomic mass is 16.4. The van der Waals surface area contributed by atoms with E-state index in [0.717, 1.165) is 16.7 Å². The minimum Gasteiger partial charge on any atom is -0.480 e. The Balaban J connectivity index is 1.70. The number of carboxylic acid groups (broad SMARTS) is 1. The maximum atomic E-state index is 11.9. The first-order valence-corrected chi connectivity index (χ1v) is 7.68. The third kappa shape index (κ3) is 2.97. The molecular formula is C19H19NO3. The fourth-order valence-electron chi connectivity index (χ4n) is 3.04. The third-order valence-corrected chi connectivity index (χ3v) is 4.51. The highest BCUT2D eigenvalue weighted by Crippen LogP contribution is 2.31. The molecule has 2 N–H and O–H groups in total. The molecule has 0 radical (unpaired) electrons. The number of carboxylic acids is 1. The molecule has 2 aromatic carbocycles. The zero-order chi connectivity index (χ0) is 16.4. The van der Waals surface area contributed by atoms with Crippen LogP contribution in [0.2, 0.25) is 0 Å². The van der Waals surface area contributed by atoms with E-state index in [0.29, 0.717) is 12.8 Å². The summed E-state index contributed by atoms with van der Waals surface area (Å²) in [4.78, 5) is 23.2. The summed E-state index contributed by atoms with van der Waals surface area (Å²) in [5.41, 5.74) is 2.07. The smallest absolute Gasteiger partial charge is 0.318 e. The molecule has 3 rings (SSSR count). The molecule has 1 saturated heterocycles. The molecule has 1 unspecified atom stereocenters. The normalized spacial score (nSPS) is 23.5. The minimum absolute atomic E-state index is 0.133. The van der Waals surface area contributed by atoms with E-state index >= 15 is 0 Å². The van der Waals surface area contributed by atoms with Gasteiger partial charge in [-0.3, -0.25) is 9.59 Å². The molecule has 0 saturated carbocycles. The van der Waals surface area contributed by atoms with E-state index in [4.69, 9.17) is 0 Å². The predicted molar refractivity (Wildman–Crippen MR) is 87.9 cm³/mol. The summed E-state index contributed by atoms with van der Waals surface area (Å²) in [6.45, 7) is 1.49. The van der Waals surface area contributed by atoms with Gasteiger partial charge in [-0.2, -0.15) is 0 Å². The van der Waals surface area contributed by atoms with E-state index in [1.54, 1.807) is 0 Å². The number of carbonyl (C=O) groups is 2. The van der Waals surface area contributed by atoms with Crippen molar-refractivity contribution in [2.24, 2.45) is 5.41 Å². The van der Waals surface area contributed by atoms with Crippen LogP contribution in [0.5, 0.6) is 0 Å². The fourth-order valence-corrected chi connectivity index (χ4v) is 3.04. The molecule has 1 aliphatic rings. The lowest BCUT2D eigenvalue weighted by molar-refractivity contribution is -0.152. The minimum atomic E-state index is -1.31. The predicted octanol–water partition coefficient (Wildman–Crippen LogP) is 2.88. The lowest BCUT2D eigenvalue weighted by Gasteiger charge is -2.14. The van der Waals surface area contributed by atoms with Gasteiger partial charge in [-0.05, 0) is 36.5 Å². The molecule has 2 atom stereocenters. The van der Waals surface area contributed by atoms with Crippen LogP contribution in [0.1, 0.15) is 18.9 Å². The van der Waals surface area contributed by atoms with Crippen LogP contribution in [0.25, 0.3) is 11.1 Å². The Labute approximate surface area is 135 Å². The Hall–Kier alpha value is -2.62. The molecule has 4 heteroatoms. The highest BCUT2D eigenvalue weighted by Gasteiger charge is 2.48. The van der Waals surface area contributed by atoms with Crippen LogP contribution >= 0.6 is 0 Å². The molecule has 4 nitrogen and oxygen atoms in total. The summed E-state index contributed by atoms with van der Waals surface area (Å²) in [5.74, 6) is -1.45. The highest BCUT2D eigenvalue weighted by molar-refractivity contribution is 6.03. The Morgan fingerprint density at radius 3 is 2.30 bits per heavy atom. The van der Waals surface area contributed by atoms with E-state index in [1.165, 1.54) is 6.92 Å². The number of amides is 1. The van der Waals surface area contributed by atoms with Crippen molar-refractivity contribution in [2.45, 2.75) is 25.8 Å². The van der Waals surface area contributed by atoms with Crippen LogP contribution < -0.4 is 5.32 Å². The van der Waals surface area contributed by atoms with Gasteiger partial charge in [0.2, 0.25) is 5.91 Å². The summed E-state index contributed by atoms with van der Waals surface area (Å²) in [6, 6.07) is 18.2. The molecule has 0 aliphatic carbocycles. The fraction of sp³-hybridized carbons (Fsp3) is 0.263. The lowest BCUT2D eigenvalue weighted by Crippen LogP contribution is -2.36. The first-order valence-electron chi connectivity index (χ1n) is 7.68. The zero-order valence-electron chi connectivity index (χ0n) is 13.0. The summed E-state index contributed by atoms with van der Waals surface area (Å²) in [6.07, 6.45) is 0.964. The van der Waals surface area contributed by atoms with Gasteiger partial charge in [0, 0.05) is 6.04 Å². The van der Waals surface area contributed by atoms with Crippen molar-refractivity contribution in [3.63, 3.8) is 0 Å². The standard InChI is InChI=1S/C19H19NO3/c1-19(18(22)23)12-16(20-17(19)21)11-13-7-9-15(10-8-13)14-5-3-2-4-6-14/h2-10,16H,11-12H2,1H3,(H,20,21)(H,22,23)/t16-,19?/m1/s1. The molecular weight excluding hydrogens is 290 g/mol. The summed E-state index contributed by atoms with van der Waals surface area (Å²) in [7, 11) is 0. The van der Waals surface area contributed by atoms with Crippen molar-refractivity contribution < 1.29 is 14.7 Å². The third-order valence-electron chi connectivity index (χ3n) is 4.51. The van der Waals surface area contributed by atoms with Crippen LogP contribution in [0.15, 0.2) is 54.6 Å². The van der Waals surface area contributed by atoms with Crippen LogP contribution in [0.3, 0.4) is 0 Å². The molecule has 0 spiro atoms. The summed E-state index contributed by atoms with van der Waals surface area (Å²) >= 11 is 0. The molecule has 1 fully saturated rings. The van der Waals surface area contributed by atoms with Crippen molar-refractivity contribution in [3.05, 3.63) is 60.2 Å². The average molecular weight is 309 g/mol. The van der Waals surface area contributed by atoms with Crippen LogP contribution in [-0.4, -0.2) is 23.0 Å². The van der Waals surface area contributed by atoms with Gasteiger partial charge in [-0.1, -0.05) is 54.6 Å². The number of rotatable bonds is 4. The molecule has 1 amide bonds. The Kier molecular flexibility index (Phi) is 3.90. The maximum Gasteiger partial charge on any atom is 0.318 e. The van der Waals surface area contributed by atoms with E-state index < -0.39 is 17.3 Å². The second kappa shape index (κ2) is 5.88. The first kappa shape index (κ1) is 15.3. The van der Waals surface area contributed by atoms with Gasteiger partial charge < -0.3 is 10.4 Å². The van der Waals surface area contributed by atoms with Crippen molar-refractivity contribution in [1.29, 1.82) is 0 Å². The van der Waals surface area contributed by atoms with Gasteiger partial charge in [-0.25, -0.2) is 0 Å². The van der Waals surface area contributed by atoms with Gasteiger partial charge in [-0.15, -0.1) is 0 Å². The van der Waals surface area contributed by atoms with Gasteiger partial charge in [0.05, 0.1) is 0 Å². The molecule has 1 heterocycles.